The maximum Gasteiger partial charge on any atom is 0.255 e. The molecule has 156 valence electrons. The monoisotopic (exact) mass is 414 g/mol. The number of likely N-dealkylation sites (N-methyl/N-ethyl adjacent to an activating group) is 1. The minimum Gasteiger partial charge on any atom is -0.383 e. The molecule has 0 spiro atoms. The summed E-state index contributed by atoms with van der Waals surface area (Å²) in [5.41, 5.74) is 6.37. The molecule has 1 amide bonds. The van der Waals surface area contributed by atoms with Crippen molar-refractivity contribution in [3.05, 3.63) is 47.7 Å². The van der Waals surface area contributed by atoms with E-state index in [1.165, 1.54) is 24.4 Å². The fourth-order valence-corrected chi connectivity index (χ4v) is 3.48. The summed E-state index contributed by atoms with van der Waals surface area (Å²) in [7, 11) is 3.96. The van der Waals surface area contributed by atoms with Gasteiger partial charge in [-0.1, -0.05) is 6.07 Å². The van der Waals surface area contributed by atoms with Crippen molar-refractivity contribution in [1.29, 1.82) is 0 Å². The second-order valence-corrected chi connectivity index (χ2v) is 7.30. The average molecular weight is 414 g/mol. The number of benzene rings is 1. The zero-order chi connectivity index (χ0) is 21.4. The predicted octanol–water partition coefficient (Wildman–Crippen LogP) is 1.36. The summed E-state index contributed by atoms with van der Waals surface area (Å²) in [6.45, 7) is 1.24. The molecular weight excluding hydrogens is 394 g/mol. The lowest BCUT2D eigenvalue weighted by molar-refractivity contribution is 0.0782. The summed E-state index contributed by atoms with van der Waals surface area (Å²) >= 11 is 0. The molecule has 1 unspecified atom stereocenters. The van der Waals surface area contributed by atoms with Gasteiger partial charge < -0.3 is 15.5 Å². The van der Waals surface area contributed by atoms with Crippen LogP contribution < -0.4 is 5.73 Å². The SMILES string of the molecule is CN(C)C1CCN(C(=O)c2cnc(N)c(-c3nnnn3-c3cccc(F)c3F)c2)C1. The molecule has 0 aliphatic carbocycles. The molecule has 30 heavy (non-hydrogen) atoms. The van der Waals surface area contributed by atoms with Gasteiger partial charge >= 0.3 is 0 Å². The molecule has 2 N–H and O–H groups in total. The van der Waals surface area contributed by atoms with Gasteiger partial charge in [0.15, 0.2) is 17.5 Å². The van der Waals surface area contributed by atoms with Crippen LogP contribution >= 0.6 is 0 Å². The zero-order valence-corrected chi connectivity index (χ0v) is 16.5. The number of aromatic nitrogens is 5. The van der Waals surface area contributed by atoms with Crippen LogP contribution in [0.15, 0.2) is 30.5 Å². The quantitative estimate of drug-likeness (QED) is 0.687. The first-order valence-electron chi connectivity index (χ1n) is 9.31. The van der Waals surface area contributed by atoms with E-state index in [1.807, 2.05) is 14.1 Å². The van der Waals surface area contributed by atoms with Crippen LogP contribution in [0.25, 0.3) is 17.1 Å². The van der Waals surface area contributed by atoms with E-state index in [4.69, 9.17) is 5.73 Å². The first-order valence-corrected chi connectivity index (χ1v) is 9.31. The molecule has 1 fully saturated rings. The number of carbonyl (C=O) groups excluding carboxylic acids is 1. The highest BCUT2D eigenvalue weighted by Gasteiger charge is 2.29. The minimum absolute atomic E-state index is 0.0479. The van der Waals surface area contributed by atoms with E-state index in [0.29, 0.717) is 24.7 Å². The van der Waals surface area contributed by atoms with Crippen molar-refractivity contribution < 1.29 is 13.6 Å². The third-order valence-corrected chi connectivity index (χ3v) is 5.22. The number of likely N-dealkylation sites (tertiary alicyclic amines) is 1. The first-order chi connectivity index (χ1) is 14.4. The molecular formula is C19H20F2N8O. The van der Waals surface area contributed by atoms with Crippen molar-refractivity contribution in [3.63, 3.8) is 0 Å². The Morgan fingerprint density at radius 3 is 2.83 bits per heavy atom. The molecule has 9 nitrogen and oxygen atoms in total. The van der Waals surface area contributed by atoms with Crippen LogP contribution in [0.1, 0.15) is 16.8 Å². The minimum atomic E-state index is -1.10. The molecule has 1 aliphatic heterocycles. The van der Waals surface area contributed by atoms with Crippen LogP contribution in [0.4, 0.5) is 14.6 Å². The largest absolute Gasteiger partial charge is 0.383 e. The highest BCUT2D eigenvalue weighted by molar-refractivity contribution is 5.96. The molecule has 1 aromatic carbocycles. The Kier molecular flexibility index (Phi) is 5.12. The van der Waals surface area contributed by atoms with Gasteiger partial charge in [-0.3, -0.25) is 4.79 Å². The summed E-state index contributed by atoms with van der Waals surface area (Å²) in [6.07, 6.45) is 2.27. The van der Waals surface area contributed by atoms with Crippen molar-refractivity contribution in [2.24, 2.45) is 0 Å². The van der Waals surface area contributed by atoms with E-state index in [1.54, 1.807) is 4.90 Å². The second kappa shape index (κ2) is 7.75. The number of halogens is 2. The van der Waals surface area contributed by atoms with E-state index < -0.39 is 11.6 Å². The van der Waals surface area contributed by atoms with Crippen molar-refractivity contribution in [1.82, 2.24) is 35.0 Å². The molecule has 11 heteroatoms. The van der Waals surface area contributed by atoms with Gasteiger partial charge in [-0.25, -0.2) is 13.8 Å². The van der Waals surface area contributed by atoms with Gasteiger partial charge in [-0.15, -0.1) is 5.10 Å². The fraction of sp³-hybridized carbons (Fsp3) is 0.316. The van der Waals surface area contributed by atoms with Crippen LogP contribution in [0.5, 0.6) is 0 Å². The molecule has 0 saturated carbocycles. The summed E-state index contributed by atoms with van der Waals surface area (Å²) in [4.78, 5) is 20.9. The fourth-order valence-electron chi connectivity index (χ4n) is 3.48. The number of nitrogens with zero attached hydrogens (tertiary/aromatic N) is 7. The van der Waals surface area contributed by atoms with E-state index in [2.05, 4.69) is 25.4 Å². The third-order valence-electron chi connectivity index (χ3n) is 5.22. The standard InChI is InChI=1S/C19H20F2N8O/c1-27(2)12-6-7-28(10-12)19(30)11-8-13(17(22)23-9-11)18-24-25-26-29(18)15-5-3-4-14(20)16(15)21/h3-5,8-9,12H,6-7,10H2,1-2H3,(H2,22,23). The van der Waals surface area contributed by atoms with Gasteiger partial charge in [-0.05, 0) is 49.1 Å². The predicted molar refractivity (Wildman–Crippen MR) is 105 cm³/mol. The second-order valence-electron chi connectivity index (χ2n) is 7.30. The first kappa shape index (κ1) is 19.8. The number of tetrazole rings is 1. The Morgan fingerprint density at radius 2 is 2.10 bits per heavy atom. The number of nitrogen functional groups attached to an aromatic ring is 1. The number of hydrogen-bond acceptors (Lipinski definition) is 7. The Morgan fingerprint density at radius 1 is 1.30 bits per heavy atom. The number of amides is 1. The summed E-state index contributed by atoms with van der Waals surface area (Å²) in [5, 5.41) is 11.2. The Hall–Kier alpha value is -3.47. The molecule has 3 heterocycles. The van der Waals surface area contributed by atoms with E-state index in [-0.39, 0.29) is 28.8 Å². The lowest BCUT2D eigenvalue weighted by atomic mass is 10.1. The molecule has 1 atom stereocenters. The third kappa shape index (κ3) is 3.47. The lowest BCUT2D eigenvalue weighted by Crippen LogP contribution is -2.34. The Bertz CT molecular complexity index is 1100. The number of hydrogen-bond donors (Lipinski definition) is 1. The summed E-state index contributed by atoms with van der Waals surface area (Å²) in [6, 6.07) is 5.48. The smallest absolute Gasteiger partial charge is 0.255 e. The highest BCUT2D eigenvalue weighted by atomic mass is 19.2. The molecule has 3 aromatic rings. The summed E-state index contributed by atoms with van der Waals surface area (Å²) in [5.74, 6) is -2.21. The Balaban J connectivity index is 1.70. The molecule has 1 aliphatic rings. The number of anilines is 1. The number of pyridine rings is 1. The van der Waals surface area contributed by atoms with Crippen molar-refractivity contribution in [2.75, 3.05) is 32.9 Å². The molecule has 0 bridgehead atoms. The van der Waals surface area contributed by atoms with Gasteiger partial charge in [0.2, 0.25) is 0 Å². The number of nitrogens with two attached hydrogens (primary N) is 1. The van der Waals surface area contributed by atoms with Gasteiger partial charge in [-0.2, -0.15) is 4.68 Å². The molecule has 0 radical (unpaired) electrons. The van der Waals surface area contributed by atoms with E-state index in [0.717, 1.165) is 17.2 Å². The molecule has 1 saturated heterocycles. The van der Waals surface area contributed by atoms with Crippen molar-refractivity contribution in [3.8, 4) is 17.1 Å². The van der Waals surface area contributed by atoms with Crippen LogP contribution in [-0.2, 0) is 0 Å². The van der Waals surface area contributed by atoms with Gasteiger partial charge in [0.05, 0.1) is 11.1 Å². The van der Waals surface area contributed by atoms with Crippen LogP contribution in [0.3, 0.4) is 0 Å². The topological polar surface area (TPSA) is 106 Å². The van der Waals surface area contributed by atoms with Gasteiger partial charge in [0.25, 0.3) is 5.91 Å². The number of rotatable bonds is 4. The number of carbonyl (C=O) groups is 1. The van der Waals surface area contributed by atoms with Crippen LogP contribution in [-0.4, -0.2) is 74.1 Å². The van der Waals surface area contributed by atoms with Crippen molar-refractivity contribution in [2.45, 2.75) is 12.5 Å². The Labute approximate surface area is 171 Å². The molecule has 2 aromatic heterocycles. The van der Waals surface area contributed by atoms with E-state index >= 15 is 0 Å². The zero-order valence-electron chi connectivity index (χ0n) is 16.5. The normalized spacial score (nSPS) is 16.4. The maximum absolute atomic E-state index is 14.3. The van der Waals surface area contributed by atoms with Crippen LogP contribution in [0.2, 0.25) is 0 Å². The van der Waals surface area contributed by atoms with Gasteiger partial charge in [0, 0.05) is 25.3 Å². The lowest BCUT2D eigenvalue weighted by Gasteiger charge is -2.20. The van der Waals surface area contributed by atoms with E-state index in [9.17, 15) is 13.6 Å². The van der Waals surface area contributed by atoms with Crippen molar-refractivity contribution >= 4 is 11.7 Å². The molecule has 4 rings (SSSR count). The van der Waals surface area contributed by atoms with Gasteiger partial charge in [0.1, 0.15) is 11.5 Å². The average Bonchev–Trinajstić information content (AvgIpc) is 3.40. The van der Waals surface area contributed by atoms with Crippen LogP contribution in [0, 0.1) is 11.6 Å². The maximum atomic E-state index is 14.3. The summed E-state index contributed by atoms with van der Waals surface area (Å²) < 4.78 is 29.0. The highest BCUT2D eigenvalue weighted by Crippen LogP contribution is 2.27.